The highest BCUT2D eigenvalue weighted by molar-refractivity contribution is 5.87. The van der Waals surface area contributed by atoms with Crippen molar-refractivity contribution in [1.82, 2.24) is 5.43 Å². The second-order valence-corrected chi connectivity index (χ2v) is 1.81. The molecule has 0 aromatic heterocycles. The van der Waals surface area contributed by atoms with Crippen LogP contribution in [0.2, 0.25) is 0 Å². The van der Waals surface area contributed by atoms with Crippen LogP contribution < -0.4 is 11.2 Å². The molecule has 3 N–H and O–H groups in total. The summed E-state index contributed by atoms with van der Waals surface area (Å²) < 4.78 is 0. The number of hydrogen-bond acceptors (Lipinski definition) is 4. The standard InChI is InChI=1S/C6H13N3O/c1-8-9-6(5-7)3-2-4-10/h4,8H,2-3,5,7H2,1H3/b9-6+. The smallest absolute Gasteiger partial charge is 0.120 e. The topological polar surface area (TPSA) is 67.5 Å². The van der Waals surface area contributed by atoms with Crippen LogP contribution in [0, 0.1) is 0 Å². The van der Waals surface area contributed by atoms with Gasteiger partial charge >= 0.3 is 0 Å². The van der Waals surface area contributed by atoms with Crippen molar-refractivity contribution >= 4 is 12.0 Å². The summed E-state index contributed by atoms with van der Waals surface area (Å²) in [6.45, 7) is 0.411. The fourth-order valence-electron chi connectivity index (χ4n) is 0.587. The van der Waals surface area contributed by atoms with Crippen LogP contribution >= 0.6 is 0 Å². The minimum absolute atomic E-state index is 0.411. The summed E-state index contributed by atoms with van der Waals surface area (Å²) in [5, 5.41) is 3.86. The predicted molar refractivity (Wildman–Crippen MR) is 40.8 cm³/mol. The summed E-state index contributed by atoms with van der Waals surface area (Å²) in [6.07, 6.45) is 2.01. The lowest BCUT2D eigenvalue weighted by Gasteiger charge is -1.98. The van der Waals surface area contributed by atoms with Crippen molar-refractivity contribution in [3.8, 4) is 0 Å². The van der Waals surface area contributed by atoms with E-state index in [0.717, 1.165) is 12.0 Å². The van der Waals surface area contributed by atoms with Crippen LogP contribution in [0.25, 0.3) is 0 Å². The van der Waals surface area contributed by atoms with Crippen molar-refractivity contribution in [2.24, 2.45) is 10.8 Å². The van der Waals surface area contributed by atoms with Gasteiger partial charge in [0.15, 0.2) is 0 Å². The second kappa shape index (κ2) is 6.22. The SMILES string of the molecule is CN/N=C(/CN)CCC=O. The van der Waals surface area contributed by atoms with E-state index in [1.807, 2.05) is 0 Å². The molecule has 0 rings (SSSR count). The molecule has 10 heavy (non-hydrogen) atoms. The molecule has 0 aliphatic carbocycles. The third kappa shape index (κ3) is 4.03. The molecule has 0 saturated carbocycles. The fourth-order valence-corrected chi connectivity index (χ4v) is 0.587. The Morgan fingerprint density at radius 1 is 1.80 bits per heavy atom. The third-order valence-corrected chi connectivity index (χ3v) is 1.06. The van der Waals surface area contributed by atoms with Gasteiger partial charge in [0, 0.05) is 20.0 Å². The van der Waals surface area contributed by atoms with Crippen LogP contribution in [-0.2, 0) is 4.79 Å². The number of nitrogens with one attached hydrogen (secondary N) is 1. The third-order valence-electron chi connectivity index (χ3n) is 1.06. The van der Waals surface area contributed by atoms with Crippen LogP contribution in [0.1, 0.15) is 12.8 Å². The van der Waals surface area contributed by atoms with E-state index in [4.69, 9.17) is 5.73 Å². The minimum Gasteiger partial charge on any atom is -0.325 e. The Morgan fingerprint density at radius 3 is 2.90 bits per heavy atom. The van der Waals surface area contributed by atoms with Gasteiger partial charge in [-0.05, 0) is 6.42 Å². The Bertz CT molecular complexity index is 122. The zero-order valence-electron chi connectivity index (χ0n) is 6.13. The molecule has 0 spiro atoms. The molecule has 0 amide bonds. The molecule has 0 aromatic carbocycles. The summed E-state index contributed by atoms with van der Waals surface area (Å²) in [5.41, 5.74) is 8.76. The van der Waals surface area contributed by atoms with Crippen molar-refractivity contribution in [3.05, 3.63) is 0 Å². The number of nitrogens with two attached hydrogens (primary N) is 1. The summed E-state index contributed by atoms with van der Waals surface area (Å²) in [4.78, 5) is 9.91. The van der Waals surface area contributed by atoms with Gasteiger partial charge in [0.05, 0.1) is 5.71 Å². The van der Waals surface area contributed by atoms with Gasteiger partial charge in [0.1, 0.15) is 6.29 Å². The Labute approximate surface area is 60.5 Å². The largest absolute Gasteiger partial charge is 0.325 e. The van der Waals surface area contributed by atoms with Crippen LogP contribution in [0.5, 0.6) is 0 Å². The van der Waals surface area contributed by atoms with E-state index < -0.39 is 0 Å². The van der Waals surface area contributed by atoms with Gasteiger partial charge in [-0.1, -0.05) is 0 Å². The van der Waals surface area contributed by atoms with Crippen LogP contribution in [0.15, 0.2) is 5.10 Å². The normalized spacial score (nSPS) is 11.2. The molecule has 0 aliphatic rings. The predicted octanol–water partition coefficient (Wildman–Crippen LogP) is -0.500. The van der Waals surface area contributed by atoms with E-state index in [-0.39, 0.29) is 0 Å². The molecular weight excluding hydrogens is 130 g/mol. The molecule has 4 nitrogen and oxygen atoms in total. The van der Waals surface area contributed by atoms with Gasteiger partial charge in [-0.25, -0.2) is 0 Å². The van der Waals surface area contributed by atoms with Gasteiger partial charge in [0.2, 0.25) is 0 Å². The number of carbonyl (C=O) groups is 1. The zero-order valence-corrected chi connectivity index (χ0v) is 6.13. The number of hydrogen-bond donors (Lipinski definition) is 2. The lowest BCUT2D eigenvalue weighted by atomic mass is 10.2. The number of aldehydes is 1. The molecule has 0 aliphatic heterocycles. The van der Waals surface area contributed by atoms with Crippen molar-refractivity contribution in [3.63, 3.8) is 0 Å². The van der Waals surface area contributed by atoms with E-state index >= 15 is 0 Å². The number of rotatable bonds is 5. The molecule has 0 saturated heterocycles. The first-order chi connectivity index (χ1) is 4.85. The first-order valence-corrected chi connectivity index (χ1v) is 3.21. The summed E-state index contributed by atoms with van der Waals surface area (Å²) in [6, 6.07) is 0. The van der Waals surface area contributed by atoms with Gasteiger partial charge in [-0.2, -0.15) is 5.10 Å². The molecule has 58 valence electrons. The van der Waals surface area contributed by atoms with Gasteiger partial charge in [-0.15, -0.1) is 0 Å². The van der Waals surface area contributed by atoms with Crippen LogP contribution in [0.3, 0.4) is 0 Å². The Hall–Kier alpha value is -0.900. The second-order valence-electron chi connectivity index (χ2n) is 1.81. The van der Waals surface area contributed by atoms with E-state index in [1.165, 1.54) is 0 Å². The number of hydrazone groups is 1. The molecule has 0 radical (unpaired) electrons. The lowest BCUT2D eigenvalue weighted by molar-refractivity contribution is -0.107. The van der Waals surface area contributed by atoms with E-state index in [0.29, 0.717) is 19.4 Å². The average Bonchev–Trinajstić information content (AvgIpc) is 1.98. The van der Waals surface area contributed by atoms with Crippen molar-refractivity contribution in [2.75, 3.05) is 13.6 Å². The fraction of sp³-hybridized carbons (Fsp3) is 0.667. The lowest BCUT2D eigenvalue weighted by Crippen LogP contribution is -2.16. The Morgan fingerprint density at radius 2 is 2.50 bits per heavy atom. The first kappa shape index (κ1) is 9.10. The minimum atomic E-state index is 0.411. The van der Waals surface area contributed by atoms with Crippen LogP contribution in [-0.4, -0.2) is 25.6 Å². The van der Waals surface area contributed by atoms with E-state index in [1.54, 1.807) is 7.05 Å². The maximum atomic E-state index is 9.91. The molecule has 0 fully saturated rings. The van der Waals surface area contributed by atoms with Crippen LogP contribution in [0.4, 0.5) is 0 Å². The molecular formula is C6H13N3O. The van der Waals surface area contributed by atoms with Crippen molar-refractivity contribution < 1.29 is 4.79 Å². The quantitative estimate of drug-likeness (QED) is 0.310. The van der Waals surface area contributed by atoms with Gasteiger partial charge in [0.25, 0.3) is 0 Å². The summed E-state index contributed by atoms with van der Waals surface area (Å²) >= 11 is 0. The highest BCUT2D eigenvalue weighted by Gasteiger charge is 1.93. The molecule has 4 heteroatoms. The zero-order chi connectivity index (χ0) is 7.82. The Balaban J connectivity index is 3.59. The first-order valence-electron chi connectivity index (χ1n) is 3.21. The van der Waals surface area contributed by atoms with E-state index in [9.17, 15) is 4.79 Å². The number of carbonyl (C=O) groups excluding carboxylic acids is 1. The molecule has 0 bridgehead atoms. The maximum Gasteiger partial charge on any atom is 0.120 e. The molecule has 0 unspecified atom stereocenters. The van der Waals surface area contributed by atoms with Crippen molar-refractivity contribution in [2.45, 2.75) is 12.8 Å². The molecule has 0 heterocycles. The number of nitrogens with zero attached hydrogens (tertiary/aromatic N) is 1. The van der Waals surface area contributed by atoms with Crippen molar-refractivity contribution in [1.29, 1.82) is 0 Å². The van der Waals surface area contributed by atoms with Gasteiger partial charge < -0.3 is 16.0 Å². The Kier molecular flexibility index (Phi) is 5.66. The molecule has 0 atom stereocenters. The van der Waals surface area contributed by atoms with Gasteiger partial charge in [-0.3, -0.25) is 0 Å². The molecule has 0 aromatic rings. The monoisotopic (exact) mass is 143 g/mol. The maximum absolute atomic E-state index is 9.91. The summed E-state index contributed by atoms with van der Waals surface area (Å²) in [5.74, 6) is 0. The highest BCUT2D eigenvalue weighted by atomic mass is 16.1. The van der Waals surface area contributed by atoms with E-state index in [2.05, 4.69) is 10.5 Å². The summed E-state index contributed by atoms with van der Waals surface area (Å²) in [7, 11) is 1.70. The highest BCUT2D eigenvalue weighted by Crippen LogP contribution is 1.87. The average molecular weight is 143 g/mol.